The Hall–Kier alpha value is -1.85. The molecule has 1 aromatic heterocycles. The summed E-state index contributed by atoms with van der Waals surface area (Å²) in [5.74, 6) is 0.918. The Morgan fingerprint density at radius 3 is 3.10 bits per heavy atom. The van der Waals surface area contributed by atoms with Gasteiger partial charge in [-0.3, -0.25) is 9.59 Å². The summed E-state index contributed by atoms with van der Waals surface area (Å²) in [4.78, 5) is 28.1. The van der Waals surface area contributed by atoms with E-state index >= 15 is 0 Å². The van der Waals surface area contributed by atoms with Crippen molar-refractivity contribution in [1.29, 1.82) is 0 Å². The van der Waals surface area contributed by atoms with Gasteiger partial charge in [0.2, 0.25) is 11.8 Å². The molecule has 0 bridgehead atoms. The first-order valence-electron chi connectivity index (χ1n) is 7.16. The van der Waals surface area contributed by atoms with Crippen molar-refractivity contribution in [3.8, 4) is 0 Å². The van der Waals surface area contributed by atoms with Crippen molar-refractivity contribution in [3.63, 3.8) is 0 Å². The van der Waals surface area contributed by atoms with Crippen LogP contribution in [0.4, 0.5) is 0 Å². The predicted octanol–water partition coefficient (Wildman–Crippen LogP) is 0.791. The molecule has 110 valence electrons. The first-order valence-corrected chi connectivity index (χ1v) is 7.16. The summed E-state index contributed by atoms with van der Waals surface area (Å²) < 4.78 is 1.83. The summed E-state index contributed by atoms with van der Waals surface area (Å²) in [6, 6.07) is -0.406. The smallest absolute Gasteiger partial charge is 0.242 e. The fourth-order valence-corrected chi connectivity index (χ4v) is 2.43. The molecule has 2 rings (SSSR count). The lowest BCUT2D eigenvalue weighted by Gasteiger charge is -2.16. The number of amides is 2. The lowest BCUT2D eigenvalue weighted by Crippen LogP contribution is -2.46. The van der Waals surface area contributed by atoms with Crippen LogP contribution < -0.4 is 10.6 Å². The van der Waals surface area contributed by atoms with Crippen LogP contribution in [0, 0.1) is 0 Å². The van der Waals surface area contributed by atoms with Crippen molar-refractivity contribution >= 4 is 11.8 Å². The Kier molecular flexibility index (Phi) is 4.76. The fourth-order valence-electron chi connectivity index (χ4n) is 2.43. The van der Waals surface area contributed by atoms with Gasteiger partial charge in [-0.15, -0.1) is 0 Å². The minimum atomic E-state index is -0.406. The molecule has 2 N–H and O–H groups in total. The third-order valence-electron chi connectivity index (χ3n) is 3.45. The third-order valence-corrected chi connectivity index (χ3v) is 3.45. The van der Waals surface area contributed by atoms with Gasteiger partial charge in [-0.05, 0) is 19.3 Å². The summed E-state index contributed by atoms with van der Waals surface area (Å²) in [6.45, 7) is 4.98. The third kappa shape index (κ3) is 3.59. The summed E-state index contributed by atoms with van der Waals surface area (Å²) >= 11 is 0. The molecule has 6 heteroatoms. The van der Waals surface area contributed by atoms with E-state index in [0.29, 0.717) is 13.0 Å². The highest BCUT2D eigenvalue weighted by atomic mass is 16.2. The van der Waals surface area contributed by atoms with Gasteiger partial charge in [0, 0.05) is 24.9 Å². The van der Waals surface area contributed by atoms with Gasteiger partial charge < -0.3 is 15.2 Å². The Morgan fingerprint density at radius 1 is 1.55 bits per heavy atom. The summed E-state index contributed by atoms with van der Waals surface area (Å²) in [5.41, 5.74) is 0. The van der Waals surface area contributed by atoms with Gasteiger partial charge in [0.05, 0.1) is 0 Å². The van der Waals surface area contributed by atoms with Gasteiger partial charge in [0.15, 0.2) is 0 Å². The second kappa shape index (κ2) is 6.54. The minimum absolute atomic E-state index is 0.0782. The molecule has 1 fully saturated rings. The molecule has 1 atom stereocenters. The molecule has 1 saturated heterocycles. The van der Waals surface area contributed by atoms with Crippen LogP contribution in [0.2, 0.25) is 0 Å². The van der Waals surface area contributed by atoms with Crippen LogP contribution in [0.3, 0.4) is 0 Å². The van der Waals surface area contributed by atoms with E-state index in [2.05, 4.69) is 15.6 Å². The first kappa shape index (κ1) is 14.6. The molecule has 2 heterocycles. The second-order valence-electron chi connectivity index (χ2n) is 5.47. The van der Waals surface area contributed by atoms with E-state index in [-0.39, 0.29) is 24.3 Å². The molecule has 0 radical (unpaired) electrons. The maximum Gasteiger partial charge on any atom is 0.242 e. The van der Waals surface area contributed by atoms with Gasteiger partial charge in [-0.25, -0.2) is 4.98 Å². The molecule has 0 saturated carbocycles. The number of hydrogen-bond acceptors (Lipinski definition) is 3. The van der Waals surface area contributed by atoms with Gasteiger partial charge in [0.1, 0.15) is 18.4 Å². The monoisotopic (exact) mass is 278 g/mol. The van der Waals surface area contributed by atoms with E-state index in [0.717, 1.165) is 18.7 Å². The van der Waals surface area contributed by atoms with Crippen molar-refractivity contribution in [2.45, 2.75) is 51.6 Å². The topological polar surface area (TPSA) is 76.0 Å². The number of nitrogens with one attached hydrogen (secondary N) is 2. The number of rotatable bonds is 4. The van der Waals surface area contributed by atoms with Crippen LogP contribution in [0.15, 0.2) is 12.4 Å². The van der Waals surface area contributed by atoms with Crippen molar-refractivity contribution < 1.29 is 9.59 Å². The number of nitrogens with zero attached hydrogens (tertiary/aromatic N) is 2. The number of carbonyl (C=O) groups is 2. The molecule has 1 aliphatic rings. The minimum Gasteiger partial charge on any atom is -0.354 e. The SMILES string of the molecule is CC(C)c1nccn1CC(=O)N[C@H]1CCCCNC1=O. The maximum absolute atomic E-state index is 12.1. The van der Waals surface area contributed by atoms with Crippen LogP contribution >= 0.6 is 0 Å². The van der Waals surface area contributed by atoms with Crippen LogP contribution in [0.5, 0.6) is 0 Å². The highest BCUT2D eigenvalue weighted by molar-refractivity contribution is 5.87. The Bertz CT molecular complexity index is 481. The van der Waals surface area contributed by atoms with E-state index in [9.17, 15) is 9.59 Å². The molecule has 0 aliphatic carbocycles. The lowest BCUT2D eigenvalue weighted by molar-refractivity contribution is -0.129. The van der Waals surface area contributed by atoms with E-state index in [1.165, 1.54) is 0 Å². The van der Waals surface area contributed by atoms with E-state index in [1.807, 2.05) is 18.4 Å². The molecule has 20 heavy (non-hydrogen) atoms. The molecule has 1 aliphatic heterocycles. The quantitative estimate of drug-likeness (QED) is 0.855. The molecule has 0 spiro atoms. The second-order valence-corrected chi connectivity index (χ2v) is 5.47. The lowest BCUT2D eigenvalue weighted by atomic mass is 10.1. The zero-order valence-corrected chi connectivity index (χ0v) is 12.1. The molecule has 1 aromatic rings. The van der Waals surface area contributed by atoms with Gasteiger partial charge >= 0.3 is 0 Å². The Balaban J connectivity index is 1.94. The molecule has 2 amide bonds. The summed E-state index contributed by atoms with van der Waals surface area (Å²) in [5, 5.41) is 5.63. The Morgan fingerprint density at radius 2 is 2.35 bits per heavy atom. The van der Waals surface area contributed by atoms with Crippen LogP contribution in [0.25, 0.3) is 0 Å². The summed E-state index contributed by atoms with van der Waals surface area (Å²) in [7, 11) is 0. The fraction of sp³-hybridized carbons (Fsp3) is 0.643. The molecule has 0 aromatic carbocycles. The van der Waals surface area contributed by atoms with Crippen LogP contribution in [-0.2, 0) is 16.1 Å². The predicted molar refractivity (Wildman–Crippen MR) is 75.1 cm³/mol. The largest absolute Gasteiger partial charge is 0.354 e. The number of imidazole rings is 1. The van der Waals surface area contributed by atoms with Gasteiger partial charge in [-0.1, -0.05) is 13.8 Å². The molecular weight excluding hydrogens is 256 g/mol. The molecular formula is C14H22N4O2. The summed E-state index contributed by atoms with van der Waals surface area (Å²) in [6.07, 6.45) is 6.12. The average molecular weight is 278 g/mol. The number of hydrogen-bond donors (Lipinski definition) is 2. The maximum atomic E-state index is 12.1. The van der Waals surface area contributed by atoms with Crippen molar-refractivity contribution in [1.82, 2.24) is 20.2 Å². The molecule has 6 nitrogen and oxygen atoms in total. The first-order chi connectivity index (χ1) is 9.58. The van der Waals surface area contributed by atoms with Gasteiger partial charge in [0.25, 0.3) is 0 Å². The molecule has 0 unspecified atom stereocenters. The van der Waals surface area contributed by atoms with Crippen LogP contribution in [0.1, 0.15) is 44.9 Å². The Labute approximate surface area is 119 Å². The average Bonchev–Trinajstić information content (AvgIpc) is 2.75. The van der Waals surface area contributed by atoms with E-state index in [4.69, 9.17) is 0 Å². The number of carbonyl (C=O) groups excluding carboxylic acids is 2. The van der Waals surface area contributed by atoms with Crippen molar-refractivity contribution in [2.24, 2.45) is 0 Å². The van der Waals surface area contributed by atoms with Crippen molar-refractivity contribution in [3.05, 3.63) is 18.2 Å². The highest BCUT2D eigenvalue weighted by Gasteiger charge is 2.22. The normalized spacial score (nSPS) is 19.6. The zero-order valence-electron chi connectivity index (χ0n) is 12.1. The highest BCUT2D eigenvalue weighted by Crippen LogP contribution is 2.11. The van der Waals surface area contributed by atoms with E-state index < -0.39 is 6.04 Å². The number of aromatic nitrogens is 2. The van der Waals surface area contributed by atoms with E-state index in [1.54, 1.807) is 12.4 Å². The van der Waals surface area contributed by atoms with Crippen LogP contribution in [-0.4, -0.2) is 34.0 Å². The standard InChI is InChI=1S/C14H22N4O2/c1-10(2)13-15-7-8-18(13)9-12(19)17-11-5-3-4-6-16-14(11)20/h7-8,10-11H,3-6,9H2,1-2H3,(H,16,20)(H,17,19)/t11-/m0/s1. The zero-order chi connectivity index (χ0) is 14.5. The van der Waals surface area contributed by atoms with Crippen molar-refractivity contribution in [2.75, 3.05) is 6.54 Å². The van der Waals surface area contributed by atoms with Gasteiger partial charge in [-0.2, -0.15) is 0 Å².